The molecule has 1 aliphatic rings. The molecule has 21 heavy (non-hydrogen) atoms. The molecule has 0 aromatic heterocycles. The number of carbonyl (C=O) groups excluding carboxylic acids is 1. The maximum Gasteiger partial charge on any atom is 0.337 e. The van der Waals surface area contributed by atoms with Gasteiger partial charge in [-0.1, -0.05) is 31.4 Å². The summed E-state index contributed by atoms with van der Waals surface area (Å²) >= 11 is 0. The number of nitrogens with one attached hydrogen (secondary N) is 2. The first-order chi connectivity index (χ1) is 9.91. The molecule has 114 valence electrons. The molecule has 1 saturated carbocycles. The Balaban J connectivity index is 2.11. The van der Waals surface area contributed by atoms with Crippen LogP contribution in [0.3, 0.4) is 0 Å². The van der Waals surface area contributed by atoms with E-state index in [9.17, 15) is 14.7 Å². The lowest BCUT2D eigenvalue weighted by Gasteiger charge is -2.34. The van der Waals surface area contributed by atoms with E-state index in [0.29, 0.717) is 5.69 Å². The van der Waals surface area contributed by atoms with Crippen LogP contribution in [0.2, 0.25) is 0 Å². The van der Waals surface area contributed by atoms with Crippen molar-refractivity contribution in [2.75, 3.05) is 5.32 Å². The molecule has 0 aliphatic heterocycles. The van der Waals surface area contributed by atoms with Crippen molar-refractivity contribution in [1.29, 1.82) is 0 Å². The minimum atomic E-state index is -1.04. The summed E-state index contributed by atoms with van der Waals surface area (Å²) in [5.41, 5.74) is 1.01. The second-order valence-electron chi connectivity index (χ2n) is 6.00. The van der Waals surface area contributed by atoms with E-state index in [1.54, 1.807) is 19.1 Å². The van der Waals surface area contributed by atoms with Crippen molar-refractivity contribution in [3.8, 4) is 0 Å². The predicted octanol–water partition coefficient (Wildman–Crippen LogP) is 3.54. The fraction of sp³-hybridized carbons (Fsp3) is 0.500. The maximum atomic E-state index is 12.2. The highest BCUT2D eigenvalue weighted by molar-refractivity contribution is 6.01. The van der Waals surface area contributed by atoms with Crippen LogP contribution in [-0.4, -0.2) is 22.6 Å². The van der Waals surface area contributed by atoms with Crippen LogP contribution in [0.25, 0.3) is 0 Å². The molecule has 0 bridgehead atoms. The Bertz CT molecular complexity index is 548. The average Bonchev–Trinajstić information content (AvgIpc) is 2.41. The molecule has 1 aromatic carbocycles. The topological polar surface area (TPSA) is 78.4 Å². The van der Waals surface area contributed by atoms with E-state index in [4.69, 9.17) is 0 Å². The van der Waals surface area contributed by atoms with Crippen molar-refractivity contribution in [3.63, 3.8) is 0 Å². The number of aryl methyl sites for hydroxylation is 1. The number of para-hydroxylation sites is 1. The number of anilines is 1. The van der Waals surface area contributed by atoms with E-state index in [2.05, 4.69) is 10.6 Å². The number of amides is 2. The lowest BCUT2D eigenvalue weighted by atomic mass is 9.83. The zero-order valence-electron chi connectivity index (χ0n) is 12.5. The van der Waals surface area contributed by atoms with Gasteiger partial charge in [0.05, 0.1) is 11.3 Å². The molecular formula is C16H22N2O3. The molecule has 3 N–H and O–H groups in total. The normalized spacial score (nSPS) is 17.0. The van der Waals surface area contributed by atoms with Gasteiger partial charge in [0.1, 0.15) is 0 Å². The number of carbonyl (C=O) groups is 2. The van der Waals surface area contributed by atoms with Crippen molar-refractivity contribution < 1.29 is 14.7 Å². The van der Waals surface area contributed by atoms with E-state index in [0.717, 1.165) is 31.2 Å². The zero-order valence-corrected chi connectivity index (χ0v) is 12.5. The molecule has 2 rings (SSSR count). The number of aromatic carboxylic acids is 1. The number of hydrogen-bond acceptors (Lipinski definition) is 2. The van der Waals surface area contributed by atoms with Gasteiger partial charge < -0.3 is 15.7 Å². The molecule has 0 atom stereocenters. The van der Waals surface area contributed by atoms with E-state index < -0.39 is 5.97 Å². The second-order valence-corrected chi connectivity index (χ2v) is 6.00. The molecule has 5 nitrogen and oxygen atoms in total. The summed E-state index contributed by atoms with van der Waals surface area (Å²) in [6, 6.07) is 4.61. The van der Waals surface area contributed by atoms with Crippen LogP contribution < -0.4 is 10.6 Å². The number of rotatable bonds is 3. The molecule has 2 amide bonds. The van der Waals surface area contributed by atoms with Gasteiger partial charge in [0.25, 0.3) is 0 Å². The minimum absolute atomic E-state index is 0.110. The fourth-order valence-corrected chi connectivity index (χ4v) is 2.89. The maximum absolute atomic E-state index is 12.2. The standard InChI is InChI=1S/C16H22N2O3/c1-11-7-6-8-12(14(19)20)13(11)17-15(21)18-16(2)9-4-3-5-10-16/h6-8H,3-5,9-10H2,1-2H3,(H,19,20)(H2,17,18,21). The Kier molecular flexibility index (Phi) is 4.50. The molecule has 1 fully saturated rings. The summed E-state index contributed by atoms with van der Waals surface area (Å²) in [4.78, 5) is 23.4. The molecule has 0 radical (unpaired) electrons. The largest absolute Gasteiger partial charge is 0.478 e. The highest BCUT2D eigenvalue weighted by Gasteiger charge is 2.28. The summed E-state index contributed by atoms with van der Waals surface area (Å²) in [6.45, 7) is 3.83. The van der Waals surface area contributed by atoms with Crippen molar-refractivity contribution in [1.82, 2.24) is 5.32 Å². The summed E-state index contributed by atoms with van der Waals surface area (Å²) in [5.74, 6) is -1.04. The number of hydrogen-bond donors (Lipinski definition) is 3. The Labute approximate surface area is 124 Å². The van der Waals surface area contributed by atoms with Gasteiger partial charge in [0.2, 0.25) is 0 Å². The lowest BCUT2D eigenvalue weighted by Crippen LogP contribution is -2.49. The summed E-state index contributed by atoms with van der Waals surface area (Å²) in [6.07, 6.45) is 5.35. The molecular weight excluding hydrogens is 268 g/mol. The lowest BCUT2D eigenvalue weighted by molar-refractivity contribution is 0.0698. The molecule has 1 aromatic rings. The van der Waals surface area contributed by atoms with Gasteiger partial charge in [0.15, 0.2) is 0 Å². The number of urea groups is 1. The van der Waals surface area contributed by atoms with Crippen LogP contribution in [0, 0.1) is 6.92 Å². The van der Waals surface area contributed by atoms with Crippen LogP contribution in [0.1, 0.15) is 54.9 Å². The average molecular weight is 290 g/mol. The third kappa shape index (κ3) is 3.74. The van der Waals surface area contributed by atoms with E-state index in [-0.39, 0.29) is 17.1 Å². The quantitative estimate of drug-likeness (QED) is 0.796. The van der Waals surface area contributed by atoms with Gasteiger partial charge in [-0.15, -0.1) is 0 Å². The van der Waals surface area contributed by atoms with E-state index in [1.165, 1.54) is 12.5 Å². The summed E-state index contributed by atoms with van der Waals surface area (Å²) in [5, 5.41) is 14.9. The van der Waals surface area contributed by atoms with Gasteiger partial charge in [-0.2, -0.15) is 0 Å². The first-order valence-corrected chi connectivity index (χ1v) is 7.33. The van der Waals surface area contributed by atoms with E-state index in [1.807, 2.05) is 6.92 Å². The molecule has 0 unspecified atom stereocenters. The van der Waals surface area contributed by atoms with Crippen molar-refractivity contribution >= 4 is 17.7 Å². The Morgan fingerprint density at radius 1 is 1.19 bits per heavy atom. The Morgan fingerprint density at radius 3 is 2.48 bits per heavy atom. The Hall–Kier alpha value is -2.04. The first-order valence-electron chi connectivity index (χ1n) is 7.33. The third-order valence-electron chi connectivity index (χ3n) is 4.11. The highest BCUT2D eigenvalue weighted by atomic mass is 16.4. The van der Waals surface area contributed by atoms with Crippen LogP contribution in [0.4, 0.5) is 10.5 Å². The summed E-state index contributed by atoms with van der Waals surface area (Å²) < 4.78 is 0. The first kappa shape index (κ1) is 15.4. The van der Waals surface area contributed by atoms with Gasteiger partial charge in [0, 0.05) is 5.54 Å². The van der Waals surface area contributed by atoms with Gasteiger partial charge in [-0.05, 0) is 38.3 Å². The molecule has 0 heterocycles. The Morgan fingerprint density at radius 2 is 1.86 bits per heavy atom. The zero-order chi connectivity index (χ0) is 15.5. The third-order valence-corrected chi connectivity index (χ3v) is 4.11. The highest BCUT2D eigenvalue weighted by Crippen LogP contribution is 2.28. The van der Waals surface area contributed by atoms with Crippen molar-refractivity contribution in [3.05, 3.63) is 29.3 Å². The fourth-order valence-electron chi connectivity index (χ4n) is 2.89. The van der Waals surface area contributed by atoms with Crippen LogP contribution >= 0.6 is 0 Å². The predicted molar refractivity (Wildman–Crippen MR) is 81.8 cm³/mol. The second kappa shape index (κ2) is 6.16. The minimum Gasteiger partial charge on any atom is -0.478 e. The van der Waals surface area contributed by atoms with Gasteiger partial charge in [-0.25, -0.2) is 9.59 Å². The monoisotopic (exact) mass is 290 g/mol. The van der Waals surface area contributed by atoms with Gasteiger partial charge in [-0.3, -0.25) is 0 Å². The van der Waals surface area contributed by atoms with Crippen LogP contribution in [-0.2, 0) is 0 Å². The van der Waals surface area contributed by atoms with E-state index >= 15 is 0 Å². The van der Waals surface area contributed by atoms with Crippen LogP contribution in [0.5, 0.6) is 0 Å². The number of carboxylic acids is 1. The smallest absolute Gasteiger partial charge is 0.337 e. The SMILES string of the molecule is Cc1cccc(C(=O)O)c1NC(=O)NC1(C)CCCCC1. The number of benzene rings is 1. The number of carboxylic acid groups (broad SMARTS) is 1. The summed E-state index contributed by atoms with van der Waals surface area (Å²) in [7, 11) is 0. The molecule has 0 spiro atoms. The molecule has 0 saturated heterocycles. The van der Waals surface area contributed by atoms with Crippen LogP contribution in [0.15, 0.2) is 18.2 Å². The molecule has 5 heteroatoms. The molecule has 1 aliphatic carbocycles. The van der Waals surface area contributed by atoms with Crippen molar-refractivity contribution in [2.45, 2.75) is 51.5 Å². The van der Waals surface area contributed by atoms with Gasteiger partial charge >= 0.3 is 12.0 Å². The van der Waals surface area contributed by atoms with Crippen molar-refractivity contribution in [2.24, 2.45) is 0 Å².